The van der Waals surface area contributed by atoms with Gasteiger partial charge in [0.1, 0.15) is 5.82 Å². The maximum atomic E-state index is 14.0. The number of anilines is 2. The minimum atomic E-state index is -0.523. The molecule has 0 saturated heterocycles. The lowest BCUT2D eigenvalue weighted by atomic mass is 10.00. The molecular weight excluding hydrogens is 335 g/mol. The van der Waals surface area contributed by atoms with Crippen molar-refractivity contribution in [3.63, 3.8) is 0 Å². The maximum Gasteiger partial charge on any atom is 0.261 e. The van der Waals surface area contributed by atoms with Crippen molar-refractivity contribution in [2.75, 3.05) is 17.2 Å². The lowest BCUT2D eigenvalue weighted by molar-refractivity contribution is 0.0981. The van der Waals surface area contributed by atoms with Crippen molar-refractivity contribution in [2.24, 2.45) is 0 Å². The number of nitrogen functional groups attached to an aromatic ring is 1. The summed E-state index contributed by atoms with van der Waals surface area (Å²) < 4.78 is 14.6. The molecule has 3 rings (SSSR count). The number of aryl methyl sites for hydroxylation is 1. The van der Waals surface area contributed by atoms with Crippen LogP contribution in [0.5, 0.6) is 0 Å². The van der Waals surface area contributed by atoms with Crippen LogP contribution in [0.25, 0.3) is 0 Å². The molecule has 0 fully saturated rings. The summed E-state index contributed by atoms with van der Waals surface area (Å²) in [5, 5.41) is 0. The van der Waals surface area contributed by atoms with Gasteiger partial charge >= 0.3 is 0 Å². The van der Waals surface area contributed by atoms with E-state index in [1.165, 1.54) is 12.1 Å². The van der Waals surface area contributed by atoms with Crippen LogP contribution in [0.2, 0.25) is 0 Å². The van der Waals surface area contributed by atoms with Gasteiger partial charge in [0.15, 0.2) is 0 Å². The number of halogens is 2. The Balaban J connectivity index is 2.02. The van der Waals surface area contributed by atoms with E-state index in [4.69, 9.17) is 5.73 Å². The molecule has 5 heteroatoms. The van der Waals surface area contributed by atoms with E-state index in [9.17, 15) is 9.18 Å². The summed E-state index contributed by atoms with van der Waals surface area (Å²) in [6.45, 7) is 0.574. The first-order valence-corrected chi connectivity index (χ1v) is 7.51. The van der Waals surface area contributed by atoms with E-state index in [1.54, 1.807) is 17.0 Å². The molecule has 108 valence electrons. The van der Waals surface area contributed by atoms with E-state index in [2.05, 4.69) is 15.9 Å². The standard InChI is InChI=1S/C16H14BrFN2O/c17-11-4-6-13(14(18)8-11)16(21)20-7-1-2-10-3-5-12(19)9-15(10)20/h3-6,8-9H,1-2,7,19H2. The van der Waals surface area contributed by atoms with Crippen LogP contribution in [0.15, 0.2) is 40.9 Å². The number of fused-ring (bicyclic) bond motifs is 1. The number of benzene rings is 2. The number of carbonyl (C=O) groups excluding carboxylic acids is 1. The monoisotopic (exact) mass is 348 g/mol. The van der Waals surface area contributed by atoms with Crippen LogP contribution in [-0.2, 0) is 6.42 Å². The number of hydrogen-bond acceptors (Lipinski definition) is 2. The molecule has 21 heavy (non-hydrogen) atoms. The van der Waals surface area contributed by atoms with Gasteiger partial charge in [-0.2, -0.15) is 0 Å². The summed E-state index contributed by atoms with van der Waals surface area (Å²) in [5.41, 5.74) is 8.35. The molecule has 0 radical (unpaired) electrons. The normalized spacial score (nSPS) is 13.9. The molecule has 2 aromatic rings. The van der Waals surface area contributed by atoms with E-state index >= 15 is 0 Å². The predicted molar refractivity (Wildman–Crippen MR) is 85.0 cm³/mol. The van der Waals surface area contributed by atoms with Gasteiger partial charge in [0.05, 0.1) is 5.56 Å². The first-order chi connectivity index (χ1) is 10.1. The zero-order chi connectivity index (χ0) is 15.0. The van der Waals surface area contributed by atoms with Crippen LogP contribution in [0.4, 0.5) is 15.8 Å². The van der Waals surface area contributed by atoms with Crippen molar-refractivity contribution in [3.8, 4) is 0 Å². The molecule has 0 spiro atoms. The number of carbonyl (C=O) groups is 1. The second kappa shape index (κ2) is 5.48. The molecule has 0 bridgehead atoms. The zero-order valence-electron chi connectivity index (χ0n) is 11.3. The number of nitrogens with two attached hydrogens (primary N) is 1. The summed E-state index contributed by atoms with van der Waals surface area (Å²) in [7, 11) is 0. The van der Waals surface area contributed by atoms with Gasteiger partial charge in [0.2, 0.25) is 0 Å². The summed E-state index contributed by atoms with van der Waals surface area (Å²) in [5.74, 6) is -0.850. The van der Waals surface area contributed by atoms with Crippen LogP contribution in [-0.4, -0.2) is 12.5 Å². The van der Waals surface area contributed by atoms with E-state index in [0.29, 0.717) is 16.7 Å². The van der Waals surface area contributed by atoms with Crippen LogP contribution in [0.3, 0.4) is 0 Å². The first kappa shape index (κ1) is 14.1. The van der Waals surface area contributed by atoms with Gasteiger partial charge in [-0.3, -0.25) is 4.79 Å². The number of hydrogen-bond donors (Lipinski definition) is 1. The quantitative estimate of drug-likeness (QED) is 0.797. The van der Waals surface area contributed by atoms with Gasteiger partial charge in [-0.1, -0.05) is 22.0 Å². The fourth-order valence-electron chi connectivity index (χ4n) is 2.61. The topological polar surface area (TPSA) is 46.3 Å². The minimum Gasteiger partial charge on any atom is -0.399 e. The molecule has 1 heterocycles. The Morgan fingerprint density at radius 3 is 2.81 bits per heavy atom. The van der Waals surface area contributed by atoms with E-state index < -0.39 is 5.82 Å². The predicted octanol–water partition coefficient (Wildman–Crippen LogP) is 3.76. The maximum absolute atomic E-state index is 14.0. The third-order valence-electron chi connectivity index (χ3n) is 3.63. The van der Waals surface area contributed by atoms with Gasteiger partial charge in [-0.15, -0.1) is 0 Å². The highest BCUT2D eigenvalue weighted by Gasteiger charge is 2.25. The van der Waals surface area contributed by atoms with Crippen molar-refractivity contribution in [3.05, 3.63) is 57.8 Å². The SMILES string of the molecule is Nc1ccc2c(c1)N(C(=O)c1ccc(Br)cc1F)CCC2. The molecule has 1 aliphatic heterocycles. The van der Waals surface area contributed by atoms with Gasteiger partial charge in [0, 0.05) is 22.4 Å². The highest BCUT2D eigenvalue weighted by molar-refractivity contribution is 9.10. The Kier molecular flexibility index (Phi) is 3.68. The molecule has 0 unspecified atom stereocenters. The number of rotatable bonds is 1. The Morgan fingerprint density at radius 1 is 1.24 bits per heavy atom. The van der Waals surface area contributed by atoms with Crippen LogP contribution >= 0.6 is 15.9 Å². The average molecular weight is 349 g/mol. The summed E-state index contributed by atoms with van der Waals surface area (Å²) in [4.78, 5) is 14.2. The van der Waals surface area contributed by atoms with Gasteiger partial charge in [0.25, 0.3) is 5.91 Å². The molecule has 0 aliphatic carbocycles. The van der Waals surface area contributed by atoms with Crippen LogP contribution < -0.4 is 10.6 Å². The fourth-order valence-corrected chi connectivity index (χ4v) is 2.94. The molecule has 1 amide bonds. The van der Waals surface area contributed by atoms with Crippen molar-refractivity contribution < 1.29 is 9.18 Å². The van der Waals surface area contributed by atoms with Crippen molar-refractivity contribution in [1.29, 1.82) is 0 Å². The van der Waals surface area contributed by atoms with E-state index in [-0.39, 0.29) is 11.5 Å². The molecule has 2 aromatic carbocycles. The van der Waals surface area contributed by atoms with Gasteiger partial charge in [-0.25, -0.2) is 4.39 Å². The van der Waals surface area contributed by atoms with Crippen molar-refractivity contribution >= 4 is 33.2 Å². The molecular formula is C16H14BrFN2O. The molecule has 1 aliphatic rings. The lowest BCUT2D eigenvalue weighted by Crippen LogP contribution is -2.36. The largest absolute Gasteiger partial charge is 0.399 e. The second-order valence-corrected chi connectivity index (χ2v) is 5.99. The smallest absolute Gasteiger partial charge is 0.261 e. The molecule has 0 saturated carbocycles. The molecule has 2 N–H and O–H groups in total. The van der Waals surface area contributed by atoms with Crippen molar-refractivity contribution in [1.82, 2.24) is 0 Å². The summed E-state index contributed by atoms with van der Waals surface area (Å²) >= 11 is 3.20. The Morgan fingerprint density at radius 2 is 2.05 bits per heavy atom. The highest BCUT2D eigenvalue weighted by atomic mass is 79.9. The lowest BCUT2D eigenvalue weighted by Gasteiger charge is -2.30. The summed E-state index contributed by atoms with van der Waals surface area (Å²) in [6, 6.07) is 10.0. The van der Waals surface area contributed by atoms with Crippen molar-refractivity contribution in [2.45, 2.75) is 12.8 Å². The highest BCUT2D eigenvalue weighted by Crippen LogP contribution is 2.31. The van der Waals surface area contributed by atoms with E-state index in [1.807, 2.05) is 12.1 Å². The molecule has 0 atom stereocenters. The molecule has 0 aromatic heterocycles. The Bertz CT molecular complexity index is 717. The van der Waals surface area contributed by atoms with Gasteiger partial charge < -0.3 is 10.6 Å². The van der Waals surface area contributed by atoms with E-state index in [0.717, 1.165) is 24.1 Å². The van der Waals surface area contributed by atoms with Gasteiger partial charge in [-0.05, 0) is 48.7 Å². The minimum absolute atomic E-state index is 0.0773. The third-order valence-corrected chi connectivity index (χ3v) is 4.13. The second-order valence-electron chi connectivity index (χ2n) is 5.07. The fraction of sp³-hybridized carbons (Fsp3) is 0.188. The Labute approximate surface area is 130 Å². The molecule has 3 nitrogen and oxygen atoms in total. The van der Waals surface area contributed by atoms with Crippen LogP contribution in [0.1, 0.15) is 22.3 Å². The summed E-state index contributed by atoms with van der Waals surface area (Å²) in [6.07, 6.45) is 1.77. The Hall–Kier alpha value is -1.88. The zero-order valence-corrected chi connectivity index (χ0v) is 12.9. The number of amides is 1. The average Bonchev–Trinajstić information content (AvgIpc) is 2.46. The number of nitrogens with zero attached hydrogens (tertiary/aromatic N) is 1. The third kappa shape index (κ3) is 2.65. The first-order valence-electron chi connectivity index (χ1n) is 6.71. The van der Waals surface area contributed by atoms with Crippen LogP contribution in [0, 0.1) is 5.82 Å².